The molecule has 0 amide bonds. The summed E-state index contributed by atoms with van der Waals surface area (Å²) in [5.41, 5.74) is 1.39. The summed E-state index contributed by atoms with van der Waals surface area (Å²) in [4.78, 5) is 3.69. The first-order valence-corrected chi connectivity index (χ1v) is 3.56. The van der Waals surface area contributed by atoms with E-state index in [-0.39, 0.29) is 0 Å². The number of rotatable bonds is 4. The molecule has 1 nitrogen and oxygen atoms in total. The summed E-state index contributed by atoms with van der Waals surface area (Å²) in [5.74, 6) is 0. The zero-order valence-electron chi connectivity index (χ0n) is 6.80. The minimum Gasteiger partial charge on any atom is -0.297 e. The van der Waals surface area contributed by atoms with E-state index in [0.29, 0.717) is 6.54 Å². The Hall–Kier alpha value is -0.850. The highest BCUT2D eigenvalue weighted by Crippen LogP contribution is 1.96. The molecular weight excluding hydrogens is 122 g/mol. The standard InChI is InChI=1S/C9H15N/c1-4-9(2)7-5-6-8-10-3/h5-7H,3-4,8H2,1-2H3/b6-5-,9-7-. The van der Waals surface area contributed by atoms with Crippen LogP contribution < -0.4 is 0 Å². The van der Waals surface area contributed by atoms with E-state index in [1.54, 1.807) is 0 Å². The van der Waals surface area contributed by atoms with Crippen molar-refractivity contribution in [1.82, 2.24) is 0 Å². The monoisotopic (exact) mass is 137 g/mol. The van der Waals surface area contributed by atoms with E-state index in [9.17, 15) is 0 Å². The number of allylic oxidation sites excluding steroid dienone is 3. The first-order chi connectivity index (χ1) is 4.81. The van der Waals surface area contributed by atoms with Crippen LogP contribution in [0.15, 0.2) is 28.8 Å². The van der Waals surface area contributed by atoms with Crippen LogP contribution in [0, 0.1) is 0 Å². The molecule has 0 fully saturated rings. The molecule has 0 bridgehead atoms. The first kappa shape index (κ1) is 9.15. The average molecular weight is 137 g/mol. The number of aliphatic imine (C=N–C) groups is 1. The van der Waals surface area contributed by atoms with Gasteiger partial charge in [0, 0.05) is 0 Å². The van der Waals surface area contributed by atoms with Crippen LogP contribution in [0.1, 0.15) is 20.3 Å². The van der Waals surface area contributed by atoms with Crippen LogP contribution in [0.2, 0.25) is 0 Å². The third-order valence-electron chi connectivity index (χ3n) is 1.31. The third-order valence-corrected chi connectivity index (χ3v) is 1.31. The molecule has 0 aromatic rings. The van der Waals surface area contributed by atoms with Crippen LogP contribution in [-0.2, 0) is 0 Å². The molecule has 0 radical (unpaired) electrons. The van der Waals surface area contributed by atoms with Gasteiger partial charge >= 0.3 is 0 Å². The van der Waals surface area contributed by atoms with Gasteiger partial charge in [-0.05, 0) is 20.1 Å². The van der Waals surface area contributed by atoms with Crippen molar-refractivity contribution in [1.29, 1.82) is 0 Å². The first-order valence-electron chi connectivity index (χ1n) is 3.56. The number of hydrogen-bond acceptors (Lipinski definition) is 1. The van der Waals surface area contributed by atoms with Crippen molar-refractivity contribution < 1.29 is 0 Å². The Kier molecular flexibility index (Phi) is 5.74. The molecule has 0 aliphatic rings. The number of hydrogen-bond donors (Lipinski definition) is 0. The van der Waals surface area contributed by atoms with E-state index >= 15 is 0 Å². The fourth-order valence-electron chi connectivity index (χ4n) is 0.486. The molecule has 56 valence electrons. The Balaban J connectivity index is 3.58. The lowest BCUT2D eigenvalue weighted by molar-refractivity contribution is 1.10. The topological polar surface area (TPSA) is 12.4 Å². The van der Waals surface area contributed by atoms with Gasteiger partial charge in [0.1, 0.15) is 0 Å². The van der Waals surface area contributed by atoms with E-state index in [2.05, 4.69) is 31.6 Å². The molecule has 0 spiro atoms. The van der Waals surface area contributed by atoms with Gasteiger partial charge in [0.05, 0.1) is 6.54 Å². The molecule has 0 heterocycles. The van der Waals surface area contributed by atoms with Gasteiger partial charge in [-0.25, -0.2) is 0 Å². The van der Waals surface area contributed by atoms with Crippen molar-refractivity contribution in [2.24, 2.45) is 4.99 Å². The predicted octanol–water partition coefficient (Wildman–Crippen LogP) is 2.60. The van der Waals surface area contributed by atoms with Gasteiger partial charge in [-0.3, -0.25) is 4.99 Å². The summed E-state index contributed by atoms with van der Waals surface area (Å²) in [6.07, 6.45) is 7.23. The maximum absolute atomic E-state index is 3.69. The molecule has 0 aliphatic carbocycles. The lowest BCUT2D eigenvalue weighted by Crippen LogP contribution is -1.69. The lowest BCUT2D eigenvalue weighted by atomic mass is 10.2. The smallest absolute Gasteiger partial charge is 0.0566 e. The molecule has 10 heavy (non-hydrogen) atoms. The van der Waals surface area contributed by atoms with Crippen LogP contribution in [-0.4, -0.2) is 13.3 Å². The normalized spacial score (nSPS) is 12.4. The summed E-state index contributed by atoms with van der Waals surface area (Å²) in [6, 6.07) is 0. The molecule has 0 N–H and O–H groups in total. The highest BCUT2D eigenvalue weighted by Gasteiger charge is 1.76. The van der Waals surface area contributed by atoms with E-state index in [1.165, 1.54) is 5.57 Å². The SMILES string of the molecule is C=NC/C=C\C=C(\C)CC. The Labute approximate surface area is 63.2 Å². The molecule has 0 atom stereocenters. The van der Waals surface area contributed by atoms with Crippen molar-refractivity contribution in [2.45, 2.75) is 20.3 Å². The maximum atomic E-state index is 3.69. The van der Waals surface area contributed by atoms with Gasteiger partial charge in [-0.1, -0.05) is 30.7 Å². The summed E-state index contributed by atoms with van der Waals surface area (Å²) in [6.45, 7) is 8.35. The van der Waals surface area contributed by atoms with Gasteiger partial charge in [0.25, 0.3) is 0 Å². The second-order valence-corrected chi connectivity index (χ2v) is 2.20. The van der Waals surface area contributed by atoms with Gasteiger partial charge in [0.2, 0.25) is 0 Å². The van der Waals surface area contributed by atoms with Crippen LogP contribution in [0.5, 0.6) is 0 Å². The molecule has 0 aromatic carbocycles. The molecule has 0 unspecified atom stereocenters. The zero-order chi connectivity index (χ0) is 7.82. The average Bonchev–Trinajstić information content (AvgIpc) is 1.98. The Morgan fingerprint density at radius 3 is 2.80 bits per heavy atom. The molecular formula is C9H15N. The predicted molar refractivity (Wildman–Crippen MR) is 47.6 cm³/mol. The van der Waals surface area contributed by atoms with Crippen LogP contribution in [0.25, 0.3) is 0 Å². The summed E-state index contributed by atoms with van der Waals surface area (Å²) < 4.78 is 0. The van der Waals surface area contributed by atoms with Crippen molar-refractivity contribution >= 4 is 6.72 Å². The molecule has 0 saturated heterocycles. The largest absolute Gasteiger partial charge is 0.297 e. The molecule has 0 aromatic heterocycles. The van der Waals surface area contributed by atoms with Gasteiger partial charge in [-0.2, -0.15) is 0 Å². The minimum absolute atomic E-state index is 0.716. The second-order valence-electron chi connectivity index (χ2n) is 2.20. The molecule has 0 rings (SSSR count). The highest BCUT2D eigenvalue weighted by molar-refractivity contribution is 5.24. The molecule has 0 aliphatic heterocycles. The van der Waals surface area contributed by atoms with E-state index in [0.717, 1.165) is 6.42 Å². The fraction of sp³-hybridized carbons (Fsp3) is 0.444. The zero-order valence-corrected chi connectivity index (χ0v) is 6.80. The Morgan fingerprint density at radius 2 is 2.30 bits per heavy atom. The number of nitrogens with zero attached hydrogens (tertiary/aromatic N) is 1. The van der Waals surface area contributed by atoms with Crippen LogP contribution >= 0.6 is 0 Å². The van der Waals surface area contributed by atoms with Gasteiger partial charge in [0.15, 0.2) is 0 Å². The van der Waals surface area contributed by atoms with Crippen molar-refractivity contribution in [3.8, 4) is 0 Å². The Morgan fingerprint density at radius 1 is 1.60 bits per heavy atom. The van der Waals surface area contributed by atoms with Crippen molar-refractivity contribution in [3.05, 3.63) is 23.8 Å². The summed E-state index contributed by atoms with van der Waals surface area (Å²) >= 11 is 0. The van der Waals surface area contributed by atoms with Crippen LogP contribution in [0.3, 0.4) is 0 Å². The van der Waals surface area contributed by atoms with E-state index in [4.69, 9.17) is 0 Å². The molecule has 1 heteroatoms. The van der Waals surface area contributed by atoms with E-state index < -0.39 is 0 Å². The fourth-order valence-corrected chi connectivity index (χ4v) is 0.486. The summed E-state index contributed by atoms with van der Waals surface area (Å²) in [7, 11) is 0. The van der Waals surface area contributed by atoms with E-state index in [1.807, 2.05) is 12.2 Å². The third kappa shape index (κ3) is 5.29. The Bertz CT molecular complexity index is 143. The molecule has 0 saturated carbocycles. The lowest BCUT2D eigenvalue weighted by Gasteiger charge is -1.88. The second kappa shape index (κ2) is 6.27. The van der Waals surface area contributed by atoms with Crippen molar-refractivity contribution in [3.63, 3.8) is 0 Å². The minimum atomic E-state index is 0.716. The quantitative estimate of drug-likeness (QED) is 0.417. The van der Waals surface area contributed by atoms with Crippen LogP contribution in [0.4, 0.5) is 0 Å². The van der Waals surface area contributed by atoms with Gasteiger partial charge < -0.3 is 0 Å². The highest BCUT2D eigenvalue weighted by atomic mass is 14.6. The van der Waals surface area contributed by atoms with Gasteiger partial charge in [-0.15, -0.1) is 0 Å². The maximum Gasteiger partial charge on any atom is 0.0566 e. The summed E-state index contributed by atoms with van der Waals surface area (Å²) in [5, 5.41) is 0. The van der Waals surface area contributed by atoms with Crippen molar-refractivity contribution in [2.75, 3.05) is 6.54 Å².